The van der Waals surface area contributed by atoms with Gasteiger partial charge < -0.3 is 10.2 Å². The lowest BCUT2D eigenvalue weighted by molar-refractivity contribution is -0.121. The summed E-state index contributed by atoms with van der Waals surface area (Å²) in [6.07, 6.45) is 0. The van der Waals surface area contributed by atoms with Gasteiger partial charge in [-0.2, -0.15) is 0 Å². The van der Waals surface area contributed by atoms with E-state index in [2.05, 4.69) is 0 Å². The van der Waals surface area contributed by atoms with Crippen LogP contribution in [0.3, 0.4) is 0 Å². The number of Topliss-reactive ketones (excluding diaryl/α,β-unsaturated/α-hetero) is 1. The number of ketones is 1. The van der Waals surface area contributed by atoms with Gasteiger partial charge in [-0.15, -0.1) is 0 Å². The molecule has 0 spiro atoms. The van der Waals surface area contributed by atoms with Crippen molar-refractivity contribution >= 4 is 25.5 Å². The van der Waals surface area contributed by atoms with Crippen LogP contribution in [0.2, 0.25) is 0 Å². The minimum Gasteiger partial charge on any atom is -0.508 e. The minimum atomic E-state index is -4.19. The third-order valence-electron chi connectivity index (χ3n) is 6.62. The van der Waals surface area contributed by atoms with Crippen LogP contribution in [-0.2, 0) is 24.5 Å². The molecule has 0 amide bonds. The van der Waals surface area contributed by atoms with Gasteiger partial charge in [-0.25, -0.2) is 25.6 Å². The molecule has 2 N–H and O–H groups in total. The molecular formula is C29H24F2O7S2. The quantitative estimate of drug-likeness (QED) is 0.279. The minimum absolute atomic E-state index is 0.0302. The first-order chi connectivity index (χ1) is 18.7. The zero-order chi connectivity index (χ0) is 29.4. The molecule has 0 fully saturated rings. The molecule has 7 nitrogen and oxygen atoms in total. The predicted molar refractivity (Wildman–Crippen MR) is 142 cm³/mol. The van der Waals surface area contributed by atoms with Gasteiger partial charge in [0.1, 0.15) is 28.9 Å². The smallest absolute Gasteiger partial charge is 0.206 e. The maximum Gasteiger partial charge on any atom is 0.206 e. The van der Waals surface area contributed by atoms with Crippen molar-refractivity contribution in [2.75, 3.05) is 0 Å². The number of hydrogen-bond donors (Lipinski definition) is 2. The molecule has 0 aliphatic heterocycles. The van der Waals surface area contributed by atoms with E-state index in [1.165, 1.54) is 38.1 Å². The predicted octanol–water partition coefficient (Wildman–Crippen LogP) is 5.52. The summed E-state index contributed by atoms with van der Waals surface area (Å²) >= 11 is 0. The van der Waals surface area contributed by atoms with Crippen LogP contribution in [0.1, 0.15) is 36.8 Å². The second kappa shape index (κ2) is 10.8. The maximum absolute atomic E-state index is 13.7. The molecule has 208 valence electrons. The molecule has 0 radical (unpaired) electrons. The fourth-order valence-electron chi connectivity index (χ4n) is 4.32. The van der Waals surface area contributed by atoms with Crippen molar-refractivity contribution < 1.29 is 40.6 Å². The molecule has 2 atom stereocenters. The van der Waals surface area contributed by atoms with Gasteiger partial charge in [0.05, 0.1) is 19.6 Å². The van der Waals surface area contributed by atoms with Crippen molar-refractivity contribution in [3.8, 4) is 11.5 Å². The SMILES string of the molecule is CC(C(=O)C(C)c1cc(S(=O)(=O)c2cccc(F)c2)ccc1O)c1cc(S(=O)(=O)c2cccc(F)c2)ccc1O. The van der Waals surface area contributed by atoms with Gasteiger partial charge in [0.25, 0.3) is 0 Å². The van der Waals surface area contributed by atoms with Crippen molar-refractivity contribution in [1.29, 1.82) is 0 Å². The molecule has 40 heavy (non-hydrogen) atoms. The van der Waals surface area contributed by atoms with Crippen molar-refractivity contribution in [3.63, 3.8) is 0 Å². The molecule has 0 aliphatic carbocycles. The summed E-state index contributed by atoms with van der Waals surface area (Å²) in [5, 5.41) is 20.9. The first-order valence-electron chi connectivity index (χ1n) is 11.9. The summed E-state index contributed by atoms with van der Waals surface area (Å²) in [6, 6.07) is 15.5. The number of carbonyl (C=O) groups is 1. The van der Waals surface area contributed by atoms with E-state index >= 15 is 0 Å². The van der Waals surface area contributed by atoms with Crippen LogP contribution < -0.4 is 0 Å². The van der Waals surface area contributed by atoms with Crippen molar-refractivity contribution in [2.45, 2.75) is 45.3 Å². The number of carbonyl (C=O) groups excluding carboxylic acids is 1. The number of aromatic hydroxyl groups is 2. The molecule has 4 aromatic rings. The molecule has 0 bridgehead atoms. The van der Waals surface area contributed by atoms with Crippen molar-refractivity contribution in [1.82, 2.24) is 0 Å². The molecular weight excluding hydrogens is 562 g/mol. The van der Waals surface area contributed by atoms with Crippen LogP contribution >= 0.6 is 0 Å². The Morgan fingerprint density at radius 2 is 0.950 bits per heavy atom. The number of benzene rings is 4. The zero-order valence-electron chi connectivity index (χ0n) is 21.2. The van der Waals surface area contributed by atoms with Gasteiger partial charge in [0.2, 0.25) is 19.7 Å². The van der Waals surface area contributed by atoms with E-state index in [-0.39, 0.29) is 42.2 Å². The lowest BCUT2D eigenvalue weighted by atomic mass is 9.85. The molecule has 11 heteroatoms. The molecule has 0 aliphatic rings. The summed E-state index contributed by atoms with van der Waals surface area (Å²) in [4.78, 5) is 12.3. The summed E-state index contributed by atoms with van der Waals surface area (Å²) < 4.78 is 79.6. The first-order valence-corrected chi connectivity index (χ1v) is 14.9. The van der Waals surface area contributed by atoms with Crippen LogP contribution in [0, 0.1) is 11.6 Å². The monoisotopic (exact) mass is 586 g/mol. The number of halogens is 2. The van der Waals surface area contributed by atoms with Gasteiger partial charge in [-0.1, -0.05) is 26.0 Å². The molecule has 0 aromatic heterocycles. The van der Waals surface area contributed by atoms with Gasteiger partial charge in [0.15, 0.2) is 0 Å². The molecule has 0 heterocycles. The second-order valence-electron chi connectivity index (χ2n) is 9.21. The highest BCUT2D eigenvalue weighted by Gasteiger charge is 2.30. The summed E-state index contributed by atoms with van der Waals surface area (Å²) in [7, 11) is -8.37. The number of rotatable bonds is 8. The van der Waals surface area contributed by atoms with Gasteiger partial charge in [-0.05, 0) is 72.8 Å². The fraction of sp³-hybridized carbons (Fsp3) is 0.138. The number of phenolic OH excluding ortho intramolecular Hbond substituents is 2. The number of hydrogen-bond acceptors (Lipinski definition) is 7. The van der Waals surface area contributed by atoms with E-state index < -0.39 is 48.9 Å². The lowest BCUT2D eigenvalue weighted by Crippen LogP contribution is -2.18. The van der Waals surface area contributed by atoms with E-state index in [1.807, 2.05) is 0 Å². The van der Waals surface area contributed by atoms with Crippen LogP contribution in [0.5, 0.6) is 11.5 Å². The highest BCUT2D eigenvalue weighted by Crippen LogP contribution is 2.37. The third-order valence-corrected chi connectivity index (χ3v) is 10.1. The lowest BCUT2D eigenvalue weighted by Gasteiger charge is -2.20. The zero-order valence-corrected chi connectivity index (χ0v) is 22.9. The normalized spacial score (nSPS) is 13.5. The van der Waals surface area contributed by atoms with Crippen molar-refractivity contribution in [3.05, 3.63) is 108 Å². The molecule has 0 saturated carbocycles. The number of sulfone groups is 2. The van der Waals surface area contributed by atoms with Crippen LogP contribution in [0.4, 0.5) is 8.78 Å². The first kappa shape index (κ1) is 28.9. The average Bonchev–Trinajstić information content (AvgIpc) is 2.92. The third kappa shape index (κ3) is 5.47. The van der Waals surface area contributed by atoms with Crippen molar-refractivity contribution in [2.24, 2.45) is 0 Å². The van der Waals surface area contributed by atoms with Gasteiger partial charge >= 0.3 is 0 Å². The Kier molecular flexibility index (Phi) is 7.82. The Morgan fingerprint density at radius 1 is 0.600 bits per heavy atom. The van der Waals surface area contributed by atoms with E-state index in [4.69, 9.17) is 0 Å². The van der Waals surface area contributed by atoms with E-state index in [0.717, 1.165) is 60.7 Å². The summed E-state index contributed by atoms with van der Waals surface area (Å²) in [5.74, 6) is -4.99. The Morgan fingerprint density at radius 3 is 1.30 bits per heavy atom. The Balaban J connectivity index is 1.69. The highest BCUT2D eigenvalue weighted by atomic mass is 32.2. The van der Waals surface area contributed by atoms with Crippen LogP contribution in [0.15, 0.2) is 105 Å². The largest absolute Gasteiger partial charge is 0.508 e. The van der Waals surface area contributed by atoms with Gasteiger partial charge in [-0.3, -0.25) is 4.79 Å². The molecule has 4 aromatic carbocycles. The topological polar surface area (TPSA) is 126 Å². The highest BCUT2D eigenvalue weighted by molar-refractivity contribution is 7.91. The van der Waals surface area contributed by atoms with E-state index in [1.54, 1.807) is 0 Å². The summed E-state index contributed by atoms with van der Waals surface area (Å²) in [6.45, 7) is 2.85. The Hall–Kier alpha value is -4.09. The maximum atomic E-state index is 13.7. The summed E-state index contributed by atoms with van der Waals surface area (Å²) in [5.41, 5.74) is -0.0605. The molecule has 0 saturated heterocycles. The standard InChI is InChI=1S/C29H24F2O7S2/c1-17(25-15-23(9-11-27(25)32)39(35,36)21-7-3-5-19(30)13-21)29(34)18(2)26-16-24(10-12-28(26)33)40(37,38)22-8-4-6-20(31)14-22/h3-18,32-33H,1-2H3. The van der Waals surface area contributed by atoms with Crippen LogP contribution in [0.25, 0.3) is 0 Å². The van der Waals surface area contributed by atoms with E-state index in [9.17, 15) is 40.6 Å². The molecule has 2 unspecified atom stereocenters. The van der Waals surface area contributed by atoms with E-state index in [0.29, 0.717) is 0 Å². The van der Waals surface area contributed by atoms with Gasteiger partial charge in [0, 0.05) is 23.0 Å². The second-order valence-corrected chi connectivity index (χ2v) is 13.1. The Bertz CT molecular complexity index is 1700. The average molecular weight is 587 g/mol. The Labute approximate surface area is 230 Å². The molecule has 4 rings (SSSR count). The van der Waals surface area contributed by atoms with Crippen LogP contribution in [-0.4, -0.2) is 32.8 Å². The fourth-order valence-corrected chi connectivity index (χ4v) is 6.97. The number of phenols is 2.